The Balaban J connectivity index is 1.79. The Morgan fingerprint density at radius 2 is 1.69 bits per heavy atom. The quantitative estimate of drug-likeness (QED) is 0.604. The number of carbonyl (C=O) groups excluding carboxylic acids is 2. The highest BCUT2D eigenvalue weighted by atomic mass is 16.2. The number of carbonyl (C=O) groups is 2. The van der Waals surface area contributed by atoms with Crippen molar-refractivity contribution in [2.45, 2.75) is 32.7 Å². The van der Waals surface area contributed by atoms with Crippen LogP contribution >= 0.6 is 0 Å². The van der Waals surface area contributed by atoms with Gasteiger partial charge in [-0.3, -0.25) is 9.59 Å². The van der Waals surface area contributed by atoms with Gasteiger partial charge in [-0.25, -0.2) is 0 Å². The fourth-order valence-corrected chi connectivity index (χ4v) is 2.50. The molecule has 0 saturated heterocycles. The molecule has 2 rings (SSSR count). The summed E-state index contributed by atoms with van der Waals surface area (Å²) in [4.78, 5) is 24.0. The average Bonchev–Trinajstić information content (AvgIpc) is 2.67. The molecule has 2 amide bonds. The molecule has 0 bridgehead atoms. The average molecular weight is 353 g/mol. The summed E-state index contributed by atoms with van der Waals surface area (Å²) in [5, 5.41) is 8.91. The Bertz CT molecular complexity index is 699. The van der Waals surface area contributed by atoms with Crippen LogP contribution in [0.5, 0.6) is 0 Å². The molecule has 1 unspecified atom stereocenters. The summed E-state index contributed by atoms with van der Waals surface area (Å²) in [5.74, 6) is -0.206. The predicted molar refractivity (Wildman–Crippen MR) is 105 cm³/mol. The number of nitrogens with one attached hydrogen (secondary N) is 3. The Morgan fingerprint density at radius 1 is 1.00 bits per heavy atom. The van der Waals surface area contributed by atoms with E-state index in [9.17, 15) is 9.59 Å². The van der Waals surface area contributed by atoms with Gasteiger partial charge in [-0.2, -0.15) is 0 Å². The highest BCUT2D eigenvalue weighted by Crippen LogP contribution is 2.12. The van der Waals surface area contributed by atoms with Gasteiger partial charge in [-0.1, -0.05) is 43.7 Å². The van der Waals surface area contributed by atoms with Gasteiger partial charge in [0.25, 0.3) is 5.91 Å². The van der Waals surface area contributed by atoms with E-state index in [1.807, 2.05) is 37.3 Å². The number of amides is 2. The van der Waals surface area contributed by atoms with E-state index in [1.54, 1.807) is 24.3 Å². The molecule has 0 saturated carbocycles. The van der Waals surface area contributed by atoms with Crippen LogP contribution in [0.4, 0.5) is 5.69 Å². The Kier molecular flexibility index (Phi) is 7.83. The lowest BCUT2D eigenvalue weighted by atomic mass is 10.1. The lowest BCUT2D eigenvalue weighted by Gasteiger charge is -2.14. The van der Waals surface area contributed by atoms with E-state index in [4.69, 9.17) is 0 Å². The molecule has 2 aromatic rings. The highest BCUT2D eigenvalue weighted by Gasteiger charge is 2.09. The van der Waals surface area contributed by atoms with Crippen molar-refractivity contribution in [2.24, 2.45) is 0 Å². The van der Waals surface area contributed by atoms with Crippen LogP contribution < -0.4 is 16.0 Å². The van der Waals surface area contributed by atoms with Crippen LogP contribution in [0, 0.1) is 0 Å². The van der Waals surface area contributed by atoms with Crippen LogP contribution in [0.25, 0.3) is 0 Å². The van der Waals surface area contributed by atoms with Gasteiger partial charge >= 0.3 is 0 Å². The molecular weight excluding hydrogens is 326 g/mol. The molecule has 0 radical (unpaired) electrons. The minimum absolute atomic E-state index is 0.0883. The van der Waals surface area contributed by atoms with E-state index in [2.05, 4.69) is 22.9 Å². The van der Waals surface area contributed by atoms with Gasteiger partial charge in [0.05, 0.1) is 6.54 Å². The molecule has 3 N–H and O–H groups in total. The van der Waals surface area contributed by atoms with Crippen molar-refractivity contribution >= 4 is 17.5 Å². The molecule has 26 heavy (non-hydrogen) atoms. The molecule has 2 aromatic carbocycles. The second kappa shape index (κ2) is 10.4. The maximum Gasteiger partial charge on any atom is 0.251 e. The van der Waals surface area contributed by atoms with Gasteiger partial charge in [0.2, 0.25) is 5.91 Å². The third kappa shape index (κ3) is 6.33. The lowest BCUT2D eigenvalue weighted by molar-refractivity contribution is -0.115. The molecule has 0 aromatic heterocycles. The second-order valence-electron chi connectivity index (χ2n) is 6.25. The first-order valence-electron chi connectivity index (χ1n) is 9.06. The molecule has 0 aliphatic rings. The largest absolute Gasteiger partial charge is 0.352 e. The van der Waals surface area contributed by atoms with Gasteiger partial charge in [0, 0.05) is 23.8 Å². The van der Waals surface area contributed by atoms with Crippen molar-refractivity contribution in [2.75, 3.05) is 18.4 Å². The third-order valence-electron chi connectivity index (χ3n) is 4.12. The fourth-order valence-electron chi connectivity index (χ4n) is 2.50. The van der Waals surface area contributed by atoms with Crippen molar-refractivity contribution in [3.63, 3.8) is 0 Å². The zero-order valence-electron chi connectivity index (χ0n) is 15.4. The molecule has 1 atom stereocenters. The molecule has 0 fully saturated rings. The van der Waals surface area contributed by atoms with E-state index in [-0.39, 0.29) is 24.4 Å². The summed E-state index contributed by atoms with van der Waals surface area (Å²) in [6.45, 7) is 5.00. The zero-order valence-corrected chi connectivity index (χ0v) is 15.4. The first-order chi connectivity index (χ1) is 12.6. The summed E-state index contributed by atoms with van der Waals surface area (Å²) in [5.41, 5.74) is 2.41. The van der Waals surface area contributed by atoms with Crippen molar-refractivity contribution in [3.8, 4) is 0 Å². The van der Waals surface area contributed by atoms with E-state index in [0.29, 0.717) is 17.8 Å². The molecule has 0 spiro atoms. The number of hydrogen-bond donors (Lipinski definition) is 3. The summed E-state index contributed by atoms with van der Waals surface area (Å²) >= 11 is 0. The molecule has 5 heteroatoms. The number of rotatable bonds is 9. The van der Waals surface area contributed by atoms with Crippen molar-refractivity contribution < 1.29 is 9.59 Å². The maximum atomic E-state index is 12.1. The number of benzene rings is 2. The van der Waals surface area contributed by atoms with Crippen LogP contribution in [-0.2, 0) is 4.79 Å². The van der Waals surface area contributed by atoms with Crippen LogP contribution in [0.15, 0.2) is 54.6 Å². The lowest BCUT2D eigenvalue weighted by Crippen LogP contribution is -2.30. The standard InChI is InChI=1S/C21H27N3O2/c1-3-4-14-22-21(26)18-10-12-19(13-11-18)24-20(25)15-23-16(2)17-8-6-5-7-9-17/h5-13,16,23H,3-4,14-15H2,1-2H3,(H,22,26)(H,24,25). The van der Waals surface area contributed by atoms with E-state index >= 15 is 0 Å². The van der Waals surface area contributed by atoms with Gasteiger partial charge in [-0.05, 0) is 43.2 Å². The van der Waals surface area contributed by atoms with Gasteiger partial charge in [-0.15, -0.1) is 0 Å². The van der Waals surface area contributed by atoms with Crippen LogP contribution in [0.3, 0.4) is 0 Å². The monoisotopic (exact) mass is 353 g/mol. The van der Waals surface area contributed by atoms with Gasteiger partial charge in [0.1, 0.15) is 0 Å². The molecule has 0 aliphatic heterocycles. The van der Waals surface area contributed by atoms with Crippen molar-refractivity contribution in [1.82, 2.24) is 10.6 Å². The molecule has 0 aliphatic carbocycles. The molecular formula is C21H27N3O2. The normalized spacial score (nSPS) is 11.6. The second-order valence-corrected chi connectivity index (χ2v) is 6.25. The van der Waals surface area contributed by atoms with Crippen LogP contribution in [0.2, 0.25) is 0 Å². The van der Waals surface area contributed by atoms with Crippen molar-refractivity contribution in [3.05, 3.63) is 65.7 Å². The summed E-state index contributed by atoms with van der Waals surface area (Å²) in [6.07, 6.45) is 2.01. The highest BCUT2D eigenvalue weighted by molar-refractivity contribution is 5.96. The minimum atomic E-state index is -0.118. The van der Waals surface area contributed by atoms with Crippen LogP contribution in [-0.4, -0.2) is 24.9 Å². The van der Waals surface area contributed by atoms with Gasteiger partial charge < -0.3 is 16.0 Å². The number of hydrogen-bond acceptors (Lipinski definition) is 3. The fraction of sp³-hybridized carbons (Fsp3) is 0.333. The maximum absolute atomic E-state index is 12.1. The minimum Gasteiger partial charge on any atom is -0.352 e. The summed E-state index contributed by atoms with van der Waals surface area (Å²) < 4.78 is 0. The van der Waals surface area contributed by atoms with E-state index in [0.717, 1.165) is 18.4 Å². The molecule has 0 heterocycles. The third-order valence-corrected chi connectivity index (χ3v) is 4.12. The summed E-state index contributed by atoms with van der Waals surface area (Å²) in [7, 11) is 0. The topological polar surface area (TPSA) is 70.2 Å². The first-order valence-corrected chi connectivity index (χ1v) is 9.06. The van der Waals surface area contributed by atoms with Crippen molar-refractivity contribution in [1.29, 1.82) is 0 Å². The van der Waals surface area contributed by atoms with Gasteiger partial charge in [0.15, 0.2) is 0 Å². The predicted octanol–water partition coefficient (Wildman–Crippen LogP) is 3.51. The first kappa shape index (κ1) is 19.7. The smallest absolute Gasteiger partial charge is 0.251 e. The molecule has 5 nitrogen and oxygen atoms in total. The number of anilines is 1. The Hall–Kier alpha value is -2.66. The van der Waals surface area contributed by atoms with Crippen LogP contribution in [0.1, 0.15) is 48.7 Å². The number of unbranched alkanes of at least 4 members (excludes halogenated alkanes) is 1. The Morgan fingerprint density at radius 3 is 2.35 bits per heavy atom. The summed E-state index contributed by atoms with van der Waals surface area (Å²) in [6, 6.07) is 17.0. The Labute approximate surface area is 155 Å². The van der Waals surface area contributed by atoms with E-state index < -0.39 is 0 Å². The molecule has 138 valence electrons. The SMILES string of the molecule is CCCCNC(=O)c1ccc(NC(=O)CNC(C)c2ccccc2)cc1. The zero-order chi connectivity index (χ0) is 18.8. The van der Waals surface area contributed by atoms with E-state index in [1.165, 1.54) is 0 Å².